The lowest BCUT2D eigenvalue weighted by molar-refractivity contribution is 0.0680. The molecule has 7 heteroatoms. The zero-order chi connectivity index (χ0) is 20.9. The van der Waals surface area contributed by atoms with E-state index < -0.39 is 9.84 Å². The molecule has 1 heterocycles. The highest BCUT2D eigenvalue weighted by Crippen LogP contribution is 2.24. The molecule has 0 radical (unpaired) electrons. The van der Waals surface area contributed by atoms with Crippen LogP contribution >= 0.6 is 11.6 Å². The molecule has 0 unspecified atom stereocenters. The van der Waals surface area contributed by atoms with Gasteiger partial charge in [0.15, 0.2) is 9.84 Å². The molecule has 2 aromatic carbocycles. The fourth-order valence-corrected chi connectivity index (χ4v) is 5.38. The first kappa shape index (κ1) is 21.7. The van der Waals surface area contributed by atoms with Gasteiger partial charge in [-0.2, -0.15) is 0 Å². The second-order valence-electron chi connectivity index (χ2n) is 7.35. The largest absolute Gasteiger partial charge is 0.494 e. The Hall–Kier alpha value is -2.05. The average Bonchev–Trinajstić information content (AvgIpc) is 3.05. The van der Waals surface area contributed by atoms with Gasteiger partial charge in [-0.1, -0.05) is 43.1 Å². The highest BCUT2D eigenvalue weighted by atomic mass is 35.5. The summed E-state index contributed by atoms with van der Waals surface area (Å²) in [5.41, 5.74) is 1.36. The van der Waals surface area contributed by atoms with E-state index >= 15 is 0 Å². The van der Waals surface area contributed by atoms with Gasteiger partial charge in [0, 0.05) is 23.2 Å². The molecule has 5 nitrogen and oxygen atoms in total. The van der Waals surface area contributed by atoms with E-state index in [2.05, 4.69) is 6.92 Å². The fourth-order valence-electron chi connectivity index (χ4n) is 3.44. The Morgan fingerprint density at radius 3 is 2.69 bits per heavy atom. The summed E-state index contributed by atoms with van der Waals surface area (Å²) in [7, 11) is -3.12. The van der Waals surface area contributed by atoms with Gasteiger partial charge >= 0.3 is 0 Å². The summed E-state index contributed by atoms with van der Waals surface area (Å²) in [5.74, 6) is 0.544. The van der Waals surface area contributed by atoms with Gasteiger partial charge in [0.2, 0.25) is 0 Å². The standard InChI is InChI=1S/C22H26ClNO4S/c1-2-3-11-28-21-9-5-7-18(14-21)22(25)24(20-10-12-29(26,27)16-20)15-17-6-4-8-19(23)13-17/h4-9,13-14,20H,2-3,10-12,15-16H2,1H3/t20-/m1/s1. The maximum absolute atomic E-state index is 13.4. The lowest BCUT2D eigenvalue weighted by Crippen LogP contribution is -2.40. The average molecular weight is 436 g/mol. The second kappa shape index (κ2) is 9.63. The number of ether oxygens (including phenoxy) is 1. The van der Waals surface area contributed by atoms with Crippen LogP contribution in [0.3, 0.4) is 0 Å². The lowest BCUT2D eigenvalue weighted by atomic mass is 10.1. The van der Waals surface area contributed by atoms with Gasteiger partial charge in [0.25, 0.3) is 5.91 Å². The van der Waals surface area contributed by atoms with Gasteiger partial charge in [-0.3, -0.25) is 4.79 Å². The summed E-state index contributed by atoms with van der Waals surface area (Å²) < 4.78 is 29.8. The van der Waals surface area contributed by atoms with Crippen molar-refractivity contribution in [3.05, 3.63) is 64.7 Å². The predicted octanol–water partition coefficient (Wildman–Crippen LogP) is 4.35. The first-order chi connectivity index (χ1) is 13.9. The smallest absolute Gasteiger partial charge is 0.254 e. The molecule has 1 amide bonds. The molecule has 0 spiro atoms. The number of carbonyl (C=O) groups is 1. The highest BCUT2D eigenvalue weighted by molar-refractivity contribution is 7.91. The van der Waals surface area contributed by atoms with Gasteiger partial charge in [0.05, 0.1) is 18.1 Å². The summed E-state index contributed by atoms with van der Waals surface area (Å²) in [6, 6.07) is 14.0. The number of nitrogens with zero attached hydrogens (tertiary/aromatic N) is 1. The van der Waals surface area contributed by atoms with Gasteiger partial charge in [0.1, 0.15) is 5.75 Å². The van der Waals surface area contributed by atoms with Crippen molar-refractivity contribution in [1.29, 1.82) is 0 Å². The van der Waals surface area contributed by atoms with Crippen LogP contribution in [0.25, 0.3) is 0 Å². The SMILES string of the molecule is CCCCOc1cccc(C(=O)N(Cc2cccc(Cl)c2)[C@@H]2CCS(=O)(=O)C2)c1. The molecule has 156 valence electrons. The second-order valence-corrected chi connectivity index (χ2v) is 10.0. The lowest BCUT2D eigenvalue weighted by Gasteiger charge is -2.29. The minimum absolute atomic E-state index is 0.00794. The van der Waals surface area contributed by atoms with Crippen LogP contribution in [0, 0.1) is 0 Å². The molecule has 29 heavy (non-hydrogen) atoms. The Balaban J connectivity index is 1.85. The maximum atomic E-state index is 13.4. The first-order valence-corrected chi connectivity index (χ1v) is 12.1. The molecule has 0 N–H and O–H groups in total. The molecule has 1 atom stereocenters. The monoisotopic (exact) mass is 435 g/mol. The zero-order valence-corrected chi connectivity index (χ0v) is 18.1. The third-order valence-corrected chi connectivity index (χ3v) is 6.99. The van der Waals surface area contributed by atoms with E-state index in [4.69, 9.17) is 16.3 Å². The third-order valence-electron chi connectivity index (χ3n) is 5.00. The van der Waals surface area contributed by atoms with Crippen molar-refractivity contribution < 1.29 is 17.9 Å². The molecule has 1 saturated heterocycles. The quantitative estimate of drug-likeness (QED) is 0.578. The number of hydrogen-bond donors (Lipinski definition) is 0. The number of halogens is 1. The van der Waals surface area contributed by atoms with E-state index in [1.165, 1.54) is 0 Å². The van der Waals surface area contributed by atoms with Crippen molar-refractivity contribution >= 4 is 27.3 Å². The van der Waals surface area contributed by atoms with Crippen LogP contribution < -0.4 is 4.74 Å². The molecule has 3 rings (SSSR count). The molecular weight excluding hydrogens is 410 g/mol. The van der Waals surface area contributed by atoms with Crippen LogP contribution in [0.15, 0.2) is 48.5 Å². The maximum Gasteiger partial charge on any atom is 0.254 e. The number of sulfone groups is 1. The topological polar surface area (TPSA) is 63.7 Å². The van der Waals surface area contributed by atoms with E-state index in [9.17, 15) is 13.2 Å². The predicted molar refractivity (Wildman–Crippen MR) is 115 cm³/mol. The van der Waals surface area contributed by atoms with Gasteiger partial charge in [-0.15, -0.1) is 0 Å². The summed E-state index contributed by atoms with van der Waals surface area (Å²) >= 11 is 6.10. The molecule has 0 bridgehead atoms. The third kappa shape index (κ3) is 5.97. The Bertz CT molecular complexity index is 961. The van der Waals surface area contributed by atoms with Crippen LogP contribution in [0.5, 0.6) is 5.75 Å². The van der Waals surface area contributed by atoms with E-state index in [0.29, 0.717) is 35.9 Å². The molecule has 2 aromatic rings. The number of unbranched alkanes of at least 4 members (excludes halogenated alkanes) is 1. The molecule has 0 saturated carbocycles. The van der Waals surface area contributed by atoms with Crippen LogP contribution in [0.2, 0.25) is 5.02 Å². The zero-order valence-electron chi connectivity index (χ0n) is 16.5. The van der Waals surface area contributed by atoms with Crippen molar-refractivity contribution in [3.63, 3.8) is 0 Å². The fraction of sp³-hybridized carbons (Fsp3) is 0.409. The summed E-state index contributed by atoms with van der Waals surface area (Å²) in [6.45, 7) is 2.99. The number of rotatable bonds is 8. The van der Waals surface area contributed by atoms with E-state index in [0.717, 1.165) is 18.4 Å². The molecule has 0 aromatic heterocycles. The highest BCUT2D eigenvalue weighted by Gasteiger charge is 2.35. The molecule has 1 aliphatic heterocycles. The van der Waals surface area contributed by atoms with Gasteiger partial charge in [-0.05, 0) is 48.7 Å². The van der Waals surface area contributed by atoms with Crippen molar-refractivity contribution in [2.75, 3.05) is 18.1 Å². The first-order valence-electron chi connectivity index (χ1n) is 9.86. The minimum Gasteiger partial charge on any atom is -0.494 e. The van der Waals surface area contributed by atoms with Crippen molar-refractivity contribution in [3.8, 4) is 5.75 Å². The van der Waals surface area contributed by atoms with Crippen molar-refractivity contribution in [2.45, 2.75) is 38.8 Å². The van der Waals surface area contributed by atoms with E-state index in [1.54, 1.807) is 35.2 Å². The van der Waals surface area contributed by atoms with Crippen molar-refractivity contribution in [2.24, 2.45) is 0 Å². The summed E-state index contributed by atoms with van der Waals surface area (Å²) in [5, 5.41) is 0.584. The number of amides is 1. The normalized spacial score (nSPS) is 17.8. The van der Waals surface area contributed by atoms with Crippen LogP contribution in [0.4, 0.5) is 0 Å². The number of hydrogen-bond acceptors (Lipinski definition) is 4. The van der Waals surface area contributed by atoms with Crippen LogP contribution in [-0.2, 0) is 16.4 Å². The Kier molecular flexibility index (Phi) is 7.19. The number of carbonyl (C=O) groups excluding carboxylic acids is 1. The van der Waals surface area contributed by atoms with E-state index in [1.807, 2.05) is 18.2 Å². The minimum atomic E-state index is -3.12. The van der Waals surface area contributed by atoms with Crippen LogP contribution in [0.1, 0.15) is 42.1 Å². The molecular formula is C22H26ClNO4S. The molecule has 1 fully saturated rings. The molecule has 1 aliphatic rings. The Morgan fingerprint density at radius 1 is 1.21 bits per heavy atom. The van der Waals surface area contributed by atoms with Crippen molar-refractivity contribution in [1.82, 2.24) is 4.90 Å². The van der Waals surface area contributed by atoms with Crippen LogP contribution in [-0.4, -0.2) is 43.4 Å². The summed E-state index contributed by atoms with van der Waals surface area (Å²) in [4.78, 5) is 15.0. The van der Waals surface area contributed by atoms with E-state index in [-0.39, 0.29) is 23.5 Å². The molecule has 0 aliphatic carbocycles. The van der Waals surface area contributed by atoms with Gasteiger partial charge < -0.3 is 9.64 Å². The summed E-state index contributed by atoms with van der Waals surface area (Å²) in [6.07, 6.45) is 2.42. The Morgan fingerprint density at radius 2 is 2.00 bits per heavy atom. The number of benzene rings is 2. The Labute approximate surface area is 177 Å². The van der Waals surface area contributed by atoms with Gasteiger partial charge in [-0.25, -0.2) is 8.42 Å².